The molecule has 1 aromatic heterocycles. The number of H-pyrrole nitrogens is 1. The number of esters is 1. The van der Waals surface area contributed by atoms with E-state index < -0.39 is 0 Å². The van der Waals surface area contributed by atoms with Gasteiger partial charge >= 0.3 is 5.97 Å². The van der Waals surface area contributed by atoms with E-state index in [1.54, 1.807) is 14.0 Å². The summed E-state index contributed by atoms with van der Waals surface area (Å²) >= 11 is 1.33. The van der Waals surface area contributed by atoms with E-state index in [9.17, 15) is 9.59 Å². The third-order valence-electron chi connectivity index (χ3n) is 3.19. The molecular formula is C16H21N3O4S. The average Bonchev–Trinajstić information content (AvgIpc) is 2.99. The van der Waals surface area contributed by atoms with Gasteiger partial charge in [-0.2, -0.15) is 0 Å². The van der Waals surface area contributed by atoms with Crippen LogP contribution < -0.4 is 10.1 Å². The number of nitrogens with zero attached hydrogens (tertiary/aromatic N) is 1. The maximum atomic E-state index is 11.8. The van der Waals surface area contributed by atoms with Gasteiger partial charge in [0.2, 0.25) is 5.91 Å². The minimum absolute atomic E-state index is 0.0955. The van der Waals surface area contributed by atoms with Crippen LogP contribution in [0.4, 0.5) is 0 Å². The van der Waals surface area contributed by atoms with Crippen molar-refractivity contribution in [1.82, 2.24) is 15.3 Å². The number of amides is 1. The Morgan fingerprint density at radius 2 is 2.21 bits per heavy atom. The van der Waals surface area contributed by atoms with Gasteiger partial charge in [0.15, 0.2) is 5.16 Å². The second-order valence-corrected chi connectivity index (χ2v) is 5.94. The van der Waals surface area contributed by atoms with Gasteiger partial charge in [-0.3, -0.25) is 9.59 Å². The van der Waals surface area contributed by atoms with Crippen molar-refractivity contribution < 1.29 is 19.1 Å². The quantitative estimate of drug-likeness (QED) is 0.408. The van der Waals surface area contributed by atoms with Crippen molar-refractivity contribution in [3.63, 3.8) is 0 Å². The molecule has 1 amide bonds. The molecule has 130 valence electrons. The Balaban J connectivity index is 1.72. The molecule has 0 unspecified atom stereocenters. The van der Waals surface area contributed by atoms with Crippen LogP contribution in [0.3, 0.4) is 0 Å². The van der Waals surface area contributed by atoms with Crippen LogP contribution in [0.25, 0.3) is 11.0 Å². The standard InChI is InChI=1S/C16H21N3O4S/c1-3-23-15(21)5-4-8-17-14(20)10-24-16-18-12-7-6-11(22-2)9-13(12)19-16/h6-7,9H,3-5,8,10H2,1-2H3,(H,17,20)(H,18,19). The monoisotopic (exact) mass is 351 g/mol. The van der Waals surface area contributed by atoms with E-state index in [0.717, 1.165) is 16.8 Å². The van der Waals surface area contributed by atoms with E-state index in [-0.39, 0.29) is 17.6 Å². The molecule has 0 fully saturated rings. The molecule has 0 aliphatic rings. The molecule has 24 heavy (non-hydrogen) atoms. The highest BCUT2D eigenvalue weighted by Crippen LogP contribution is 2.22. The van der Waals surface area contributed by atoms with Crippen molar-refractivity contribution in [2.75, 3.05) is 26.0 Å². The highest BCUT2D eigenvalue weighted by Gasteiger charge is 2.08. The zero-order valence-electron chi connectivity index (χ0n) is 13.8. The molecular weight excluding hydrogens is 330 g/mol. The Labute approximate surface area is 144 Å². The molecule has 0 radical (unpaired) electrons. The highest BCUT2D eigenvalue weighted by atomic mass is 32.2. The molecule has 8 heteroatoms. The molecule has 0 saturated carbocycles. The van der Waals surface area contributed by atoms with Crippen molar-refractivity contribution in [3.8, 4) is 5.75 Å². The molecule has 0 aliphatic heterocycles. The van der Waals surface area contributed by atoms with Gasteiger partial charge in [-0.15, -0.1) is 0 Å². The number of thioether (sulfide) groups is 1. The third-order valence-corrected chi connectivity index (χ3v) is 4.07. The van der Waals surface area contributed by atoms with Gasteiger partial charge in [0.25, 0.3) is 0 Å². The molecule has 0 bridgehead atoms. The van der Waals surface area contributed by atoms with Gasteiger partial charge in [0.1, 0.15) is 5.75 Å². The van der Waals surface area contributed by atoms with Crippen molar-refractivity contribution in [3.05, 3.63) is 18.2 Å². The molecule has 1 heterocycles. The maximum absolute atomic E-state index is 11.8. The smallest absolute Gasteiger partial charge is 0.305 e. The van der Waals surface area contributed by atoms with Crippen molar-refractivity contribution >= 4 is 34.7 Å². The average molecular weight is 351 g/mol. The zero-order chi connectivity index (χ0) is 17.4. The number of hydrogen-bond donors (Lipinski definition) is 2. The number of imidazole rings is 1. The lowest BCUT2D eigenvalue weighted by Gasteiger charge is -2.04. The fourth-order valence-electron chi connectivity index (χ4n) is 2.04. The van der Waals surface area contributed by atoms with Crippen molar-refractivity contribution in [2.45, 2.75) is 24.9 Å². The normalized spacial score (nSPS) is 10.6. The minimum Gasteiger partial charge on any atom is -0.497 e. The summed E-state index contributed by atoms with van der Waals surface area (Å²) in [5.41, 5.74) is 1.69. The number of methoxy groups -OCH3 is 1. The summed E-state index contributed by atoms with van der Waals surface area (Å²) in [6, 6.07) is 5.57. The van der Waals surface area contributed by atoms with Crippen molar-refractivity contribution in [2.24, 2.45) is 0 Å². The number of carbonyl (C=O) groups is 2. The molecule has 0 aliphatic carbocycles. The van der Waals surface area contributed by atoms with Gasteiger partial charge in [-0.05, 0) is 25.5 Å². The first-order valence-electron chi connectivity index (χ1n) is 7.71. The number of benzene rings is 1. The van der Waals surface area contributed by atoms with Crippen LogP contribution >= 0.6 is 11.8 Å². The van der Waals surface area contributed by atoms with E-state index >= 15 is 0 Å². The Kier molecular flexibility index (Phi) is 6.92. The molecule has 7 nitrogen and oxygen atoms in total. The SMILES string of the molecule is CCOC(=O)CCCNC(=O)CSc1nc2ccc(OC)cc2[nH]1. The lowest BCUT2D eigenvalue weighted by atomic mass is 10.3. The fourth-order valence-corrected chi connectivity index (χ4v) is 2.75. The summed E-state index contributed by atoms with van der Waals surface area (Å²) in [4.78, 5) is 30.5. The summed E-state index contributed by atoms with van der Waals surface area (Å²) < 4.78 is 9.99. The zero-order valence-corrected chi connectivity index (χ0v) is 14.6. The molecule has 2 rings (SSSR count). The molecule has 0 spiro atoms. The highest BCUT2D eigenvalue weighted by molar-refractivity contribution is 7.99. The summed E-state index contributed by atoms with van der Waals surface area (Å²) in [5.74, 6) is 0.680. The first-order chi connectivity index (χ1) is 11.6. The number of aromatic amines is 1. The molecule has 1 aromatic carbocycles. The third kappa shape index (κ3) is 5.45. The van der Waals surface area contributed by atoms with E-state index in [0.29, 0.717) is 31.1 Å². The second kappa shape index (κ2) is 9.17. The maximum Gasteiger partial charge on any atom is 0.305 e. The van der Waals surface area contributed by atoms with E-state index in [1.807, 2.05) is 18.2 Å². The van der Waals surface area contributed by atoms with Gasteiger partial charge in [0, 0.05) is 19.0 Å². The largest absolute Gasteiger partial charge is 0.497 e. The summed E-state index contributed by atoms with van der Waals surface area (Å²) in [6.45, 7) is 2.60. The van der Waals surface area contributed by atoms with E-state index in [2.05, 4.69) is 15.3 Å². The van der Waals surface area contributed by atoms with Crippen LogP contribution in [0.5, 0.6) is 5.75 Å². The number of carbonyl (C=O) groups excluding carboxylic acids is 2. The lowest BCUT2D eigenvalue weighted by Crippen LogP contribution is -2.26. The van der Waals surface area contributed by atoms with Gasteiger partial charge in [-0.1, -0.05) is 11.8 Å². The Morgan fingerprint density at radius 1 is 1.38 bits per heavy atom. The van der Waals surface area contributed by atoms with Crippen molar-refractivity contribution in [1.29, 1.82) is 0 Å². The summed E-state index contributed by atoms with van der Waals surface area (Å²) in [7, 11) is 1.61. The molecule has 0 atom stereocenters. The molecule has 0 saturated heterocycles. The topological polar surface area (TPSA) is 93.3 Å². The first kappa shape index (κ1) is 18.1. The van der Waals surface area contributed by atoms with Gasteiger partial charge < -0.3 is 19.8 Å². The van der Waals surface area contributed by atoms with Crippen LogP contribution in [0.2, 0.25) is 0 Å². The Morgan fingerprint density at radius 3 is 2.96 bits per heavy atom. The number of ether oxygens (including phenoxy) is 2. The molecule has 2 aromatic rings. The van der Waals surface area contributed by atoms with Crippen LogP contribution in [0.15, 0.2) is 23.4 Å². The summed E-state index contributed by atoms with van der Waals surface area (Å²) in [6.07, 6.45) is 0.881. The van der Waals surface area contributed by atoms with Gasteiger partial charge in [-0.25, -0.2) is 4.98 Å². The minimum atomic E-state index is -0.237. The van der Waals surface area contributed by atoms with Crippen LogP contribution in [-0.2, 0) is 14.3 Å². The van der Waals surface area contributed by atoms with Crippen LogP contribution in [0, 0.1) is 0 Å². The molecule has 2 N–H and O–H groups in total. The Hall–Kier alpha value is -2.22. The predicted octanol–water partition coefficient (Wildman–Crippen LogP) is 2.12. The number of rotatable bonds is 9. The number of fused-ring (bicyclic) bond motifs is 1. The van der Waals surface area contributed by atoms with Crippen LogP contribution in [-0.4, -0.2) is 47.9 Å². The second-order valence-electron chi connectivity index (χ2n) is 4.97. The number of hydrogen-bond acceptors (Lipinski definition) is 6. The van der Waals surface area contributed by atoms with E-state index in [4.69, 9.17) is 9.47 Å². The fraction of sp³-hybridized carbons (Fsp3) is 0.438. The summed E-state index contributed by atoms with van der Waals surface area (Å²) in [5, 5.41) is 3.45. The van der Waals surface area contributed by atoms with Gasteiger partial charge in [0.05, 0.1) is 30.5 Å². The first-order valence-corrected chi connectivity index (χ1v) is 8.69. The number of nitrogens with one attached hydrogen (secondary N) is 2. The lowest BCUT2D eigenvalue weighted by molar-refractivity contribution is -0.143. The predicted molar refractivity (Wildman–Crippen MR) is 92.2 cm³/mol. The number of aromatic nitrogens is 2. The van der Waals surface area contributed by atoms with Crippen LogP contribution in [0.1, 0.15) is 19.8 Å². The van der Waals surface area contributed by atoms with E-state index in [1.165, 1.54) is 11.8 Å². The Bertz CT molecular complexity index is 702.